The Kier molecular flexibility index (Phi) is 4.46. The van der Waals surface area contributed by atoms with Gasteiger partial charge in [0.05, 0.1) is 0 Å². The minimum absolute atomic E-state index is 0.0115. The van der Waals surface area contributed by atoms with Crippen LogP contribution < -0.4 is 11.1 Å². The fraction of sp³-hybridized carbons (Fsp3) is 0.562. The van der Waals surface area contributed by atoms with E-state index in [1.54, 1.807) is 0 Å². The molecule has 0 heterocycles. The van der Waals surface area contributed by atoms with E-state index in [9.17, 15) is 4.79 Å². The van der Waals surface area contributed by atoms with E-state index in [0.717, 1.165) is 24.1 Å². The molecule has 1 aromatic rings. The largest absolute Gasteiger partial charge is 0.399 e. The van der Waals surface area contributed by atoms with Gasteiger partial charge in [-0.05, 0) is 37.8 Å². The fourth-order valence-corrected chi connectivity index (χ4v) is 2.87. The van der Waals surface area contributed by atoms with E-state index in [0.29, 0.717) is 12.8 Å². The van der Waals surface area contributed by atoms with E-state index in [4.69, 9.17) is 5.73 Å². The molecule has 19 heavy (non-hydrogen) atoms. The number of nitrogens with two attached hydrogens (primary N) is 1. The molecule has 0 unspecified atom stereocenters. The Morgan fingerprint density at radius 1 is 1.26 bits per heavy atom. The molecule has 0 atom stereocenters. The van der Waals surface area contributed by atoms with Crippen LogP contribution in [0.25, 0.3) is 0 Å². The standard InChI is InChI=1S/C16H24N2O/c1-16(11-5-2-6-12-16)18-15(19)10-9-13-7-3-4-8-14(13)17/h3-4,7-8H,2,5-6,9-12,17H2,1H3,(H,18,19). The van der Waals surface area contributed by atoms with Gasteiger partial charge in [-0.15, -0.1) is 0 Å². The summed E-state index contributed by atoms with van der Waals surface area (Å²) in [7, 11) is 0. The topological polar surface area (TPSA) is 55.1 Å². The summed E-state index contributed by atoms with van der Waals surface area (Å²) in [6, 6.07) is 7.76. The third kappa shape index (κ3) is 3.98. The van der Waals surface area contributed by atoms with Crippen molar-refractivity contribution in [2.75, 3.05) is 5.73 Å². The van der Waals surface area contributed by atoms with Crippen molar-refractivity contribution in [1.82, 2.24) is 5.32 Å². The van der Waals surface area contributed by atoms with E-state index < -0.39 is 0 Å². The molecule has 3 N–H and O–H groups in total. The molecule has 1 amide bonds. The first-order valence-corrected chi connectivity index (χ1v) is 7.23. The van der Waals surface area contributed by atoms with Crippen molar-refractivity contribution < 1.29 is 4.79 Å². The highest BCUT2D eigenvalue weighted by Gasteiger charge is 2.27. The number of hydrogen-bond donors (Lipinski definition) is 2. The molecule has 1 saturated carbocycles. The molecular formula is C16H24N2O. The maximum atomic E-state index is 12.0. The second-order valence-electron chi connectivity index (χ2n) is 5.87. The molecule has 2 rings (SSSR count). The Labute approximate surface area is 115 Å². The summed E-state index contributed by atoms with van der Waals surface area (Å²) in [6.45, 7) is 2.17. The Morgan fingerprint density at radius 3 is 2.63 bits per heavy atom. The third-order valence-electron chi connectivity index (χ3n) is 4.07. The number of rotatable bonds is 4. The fourth-order valence-electron chi connectivity index (χ4n) is 2.87. The maximum Gasteiger partial charge on any atom is 0.220 e. The van der Waals surface area contributed by atoms with Gasteiger partial charge in [-0.2, -0.15) is 0 Å². The average molecular weight is 260 g/mol. The number of benzene rings is 1. The van der Waals surface area contributed by atoms with Crippen molar-refractivity contribution in [3.8, 4) is 0 Å². The highest BCUT2D eigenvalue weighted by molar-refractivity contribution is 5.77. The van der Waals surface area contributed by atoms with E-state index in [1.165, 1.54) is 19.3 Å². The van der Waals surface area contributed by atoms with Crippen molar-refractivity contribution in [3.63, 3.8) is 0 Å². The summed E-state index contributed by atoms with van der Waals surface area (Å²) in [5.41, 5.74) is 7.74. The van der Waals surface area contributed by atoms with Crippen molar-refractivity contribution in [3.05, 3.63) is 29.8 Å². The van der Waals surface area contributed by atoms with Gasteiger partial charge in [0.1, 0.15) is 0 Å². The van der Waals surface area contributed by atoms with Crippen molar-refractivity contribution >= 4 is 11.6 Å². The lowest BCUT2D eigenvalue weighted by Crippen LogP contribution is -2.47. The first kappa shape index (κ1) is 13.9. The molecule has 0 aliphatic heterocycles. The monoisotopic (exact) mass is 260 g/mol. The summed E-state index contributed by atoms with van der Waals surface area (Å²) >= 11 is 0. The van der Waals surface area contributed by atoms with Crippen molar-refractivity contribution in [2.24, 2.45) is 0 Å². The zero-order valence-electron chi connectivity index (χ0n) is 11.7. The summed E-state index contributed by atoms with van der Waals surface area (Å²) in [5, 5.41) is 3.21. The number of nitrogens with one attached hydrogen (secondary N) is 1. The Balaban J connectivity index is 1.83. The first-order valence-electron chi connectivity index (χ1n) is 7.23. The van der Waals surface area contributed by atoms with Crippen LogP contribution in [0.3, 0.4) is 0 Å². The highest BCUT2D eigenvalue weighted by atomic mass is 16.1. The second kappa shape index (κ2) is 6.09. The zero-order chi connectivity index (χ0) is 13.7. The van der Waals surface area contributed by atoms with E-state index in [2.05, 4.69) is 12.2 Å². The number of aryl methyl sites for hydroxylation is 1. The first-order chi connectivity index (χ1) is 9.09. The van der Waals surface area contributed by atoms with Gasteiger partial charge in [0.15, 0.2) is 0 Å². The molecule has 3 nitrogen and oxygen atoms in total. The van der Waals surface area contributed by atoms with Crippen LogP contribution in [0.5, 0.6) is 0 Å². The molecule has 0 saturated heterocycles. The molecule has 3 heteroatoms. The van der Waals surface area contributed by atoms with Crippen molar-refractivity contribution in [2.45, 2.75) is 57.4 Å². The van der Waals surface area contributed by atoms with Crippen LogP contribution >= 0.6 is 0 Å². The van der Waals surface area contributed by atoms with Crippen LogP contribution in [-0.2, 0) is 11.2 Å². The Morgan fingerprint density at radius 2 is 1.95 bits per heavy atom. The molecule has 0 aromatic heterocycles. The predicted molar refractivity (Wildman–Crippen MR) is 78.8 cm³/mol. The molecule has 0 bridgehead atoms. The zero-order valence-corrected chi connectivity index (χ0v) is 11.7. The van der Waals surface area contributed by atoms with E-state index in [-0.39, 0.29) is 11.4 Å². The van der Waals surface area contributed by atoms with Crippen LogP contribution in [0.1, 0.15) is 51.0 Å². The maximum absolute atomic E-state index is 12.0. The summed E-state index contributed by atoms with van der Waals surface area (Å²) in [5.74, 6) is 0.146. The molecule has 0 radical (unpaired) electrons. The molecule has 1 aromatic carbocycles. The van der Waals surface area contributed by atoms with E-state index in [1.807, 2.05) is 24.3 Å². The van der Waals surface area contributed by atoms with Gasteiger partial charge >= 0.3 is 0 Å². The summed E-state index contributed by atoms with van der Waals surface area (Å²) in [4.78, 5) is 12.0. The minimum Gasteiger partial charge on any atom is -0.399 e. The summed E-state index contributed by atoms with van der Waals surface area (Å²) in [6.07, 6.45) is 7.19. The number of hydrogen-bond acceptors (Lipinski definition) is 2. The number of amides is 1. The molecule has 1 aliphatic carbocycles. The molecule has 1 fully saturated rings. The quantitative estimate of drug-likeness (QED) is 0.818. The Hall–Kier alpha value is -1.51. The number of carbonyl (C=O) groups is 1. The normalized spacial score (nSPS) is 17.9. The van der Waals surface area contributed by atoms with Crippen LogP contribution in [0.15, 0.2) is 24.3 Å². The average Bonchev–Trinajstić information content (AvgIpc) is 2.38. The van der Waals surface area contributed by atoms with Crippen LogP contribution in [-0.4, -0.2) is 11.4 Å². The van der Waals surface area contributed by atoms with E-state index >= 15 is 0 Å². The van der Waals surface area contributed by atoms with Gasteiger partial charge in [0.2, 0.25) is 5.91 Å². The van der Waals surface area contributed by atoms with Gasteiger partial charge in [-0.1, -0.05) is 37.5 Å². The molecule has 104 valence electrons. The van der Waals surface area contributed by atoms with Gasteiger partial charge in [-0.3, -0.25) is 4.79 Å². The highest BCUT2D eigenvalue weighted by Crippen LogP contribution is 2.27. The number of para-hydroxylation sites is 1. The predicted octanol–water partition coefficient (Wildman–Crippen LogP) is 3.04. The lowest BCUT2D eigenvalue weighted by molar-refractivity contribution is -0.123. The van der Waals surface area contributed by atoms with Crippen LogP contribution in [0.4, 0.5) is 5.69 Å². The Bertz CT molecular complexity index is 436. The van der Waals surface area contributed by atoms with Crippen LogP contribution in [0, 0.1) is 0 Å². The second-order valence-corrected chi connectivity index (χ2v) is 5.87. The van der Waals surface area contributed by atoms with Gasteiger partial charge in [0.25, 0.3) is 0 Å². The molecule has 1 aliphatic rings. The lowest BCUT2D eigenvalue weighted by Gasteiger charge is -2.34. The smallest absolute Gasteiger partial charge is 0.220 e. The number of anilines is 1. The van der Waals surface area contributed by atoms with Gasteiger partial charge < -0.3 is 11.1 Å². The number of carbonyl (C=O) groups excluding carboxylic acids is 1. The third-order valence-corrected chi connectivity index (χ3v) is 4.07. The number of nitrogen functional groups attached to an aromatic ring is 1. The lowest BCUT2D eigenvalue weighted by atomic mass is 9.83. The van der Waals surface area contributed by atoms with Gasteiger partial charge in [0, 0.05) is 17.6 Å². The minimum atomic E-state index is 0.0115. The molecular weight excluding hydrogens is 236 g/mol. The molecule has 0 spiro atoms. The van der Waals surface area contributed by atoms with Crippen molar-refractivity contribution in [1.29, 1.82) is 0 Å². The van der Waals surface area contributed by atoms with Gasteiger partial charge in [-0.25, -0.2) is 0 Å². The summed E-state index contributed by atoms with van der Waals surface area (Å²) < 4.78 is 0. The SMILES string of the molecule is CC1(NC(=O)CCc2ccccc2N)CCCCC1. The van der Waals surface area contributed by atoms with Crippen LogP contribution in [0.2, 0.25) is 0 Å².